The number of para-hydroxylation sites is 1. The third-order valence-corrected chi connectivity index (χ3v) is 10.2. The molecule has 2 heterocycles. The number of carbonyl (C=O) groups excluding carboxylic acids is 4. The summed E-state index contributed by atoms with van der Waals surface area (Å²) < 4.78 is 16.5. The molecule has 0 spiro atoms. The van der Waals surface area contributed by atoms with E-state index in [1.807, 2.05) is 30.3 Å². The van der Waals surface area contributed by atoms with Gasteiger partial charge in [0.05, 0.1) is 50.0 Å². The summed E-state index contributed by atoms with van der Waals surface area (Å²) in [4.78, 5) is 59.1. The molecule has 338 valence electrons. The maximum Gasteiger partial charge on any atom is 0.344 e. The monoisotopic (exact) mass is 904 g/mol. The Morgan fingerprint density at radius 1 is 0.954 bits per heavy atom. The SMILES string of the molecule is CCOC(=O)C1=C(O)/C(=C/c2ccc(OCCOCCN(N)/C=C(\N)CNC(=O)c3cc(NC=O)cc(NC(=O)Nc4ccc(C5=NCCN5)cc4)c3)c(O)c2)SC1=Nc1ccccc1. The van der Waals surface area contributed by atoms with Gasteiger partial charge in [-0.1, -0.05) is 36.0 Å². The number of phenols is 1. The first-order valence-corrected chi connectivity index (χ1v) is 21.1. The van der Waals surface area contributed by atoms with Gasteiger partial charge in [-0.2, -0.15) is 0 Å². The summed E-state index contributed by atoms with van der Waals surface area (Å²) >= 11 is 1.11. The highest BCUT2D eigenvalue weighted by atomic mass is 32.2. The summed E-state index contributed by atoms with van der Waals surface area (Å²) in [7, 11) is 0. The Morgan fingerprint density at radius 2 is 1.72 bits per heavy atom. The number of benzene rings is 4. The van der Waals surface area contributed by atoms with Crippen molar-refractivity contribution in [3.05, 3.63) is 136 Å². The van der Waals surface area contributed by atoms with Gasteiger partial charge in [0.2, 0.25) is 6.41 Å². The number of anilines is 3. The molecule has 0 aromatic heterocycles. The number of hydrogen-bond acceptors (Lipinski definition) is 16. The highest BCUT2D eigenvalue weighted by Gasteiger charge is 2.33. The first-order chi connectivity index (χ1) is 31.5. The van der Waals surface area contributed by atoms with E-state index in [2.05, 4.69) is 36.6 Å². The zero-order valence-electron chi connectivity index (χ0n) is 35.2. The molecule has 4 aromatic carbocycles. The zero-order valence-corrected chi connectivity index (χ0v) is 36.0. The largest absolute Gasteiger partial charge is 0.506 e. The first kappa shape index (κ1) is 46.7. The number of carbonyl (C=O) groups is 4. The number of urea groups is 1. The molecule has 6 rings (SSSR count). The molecule has 11 N–H and O–H groups in total. The lowest BCUT2D eigenvalue weighted by Crippen LogP contribution is -2.33. The normalized spacial score (nSPS) is 14.7. The van der Waals surface area contributed by atoms with Crippen LogP contribution < -0.4 is 42.9 Å². The summed E-state index contributed by atoms with van der Waals surface area (Å²) in [5.74, 6) is 5.43. The molecule has 4 amide bonds. The lowest BCUT2D eigenvalue weighted by atomic mass is 10.1. The number of ether oxygens (including phenoxy) is 3. The maximum absolute atomic E-state index is 13.1. The molecule has 19 nitrogen and oxygen atoms in total. The lowest BCUT2D eigenvalue weighted by Gasteiger charge is -2.16. The van der Waals surface area contributed by atoms with Crippen molar-refractivity contribution in [3.63, 3.8) is 0 Å². The number of amides is 4. The van der Waals surface area contributed by atoms with Crippen LogP contribution in [-0.4, -0.2) is 103 Å². The van der Waals surface area contributed by atoms with Crippen molar-refractivity contribution >= 4 is 75.8 Å². The number of thioether (sulfide) groups is 1. The van der Waals surface area contributed by atoms with Gasteiger partial charge in [0, 0.05) is 46.6 Å². The molecule has 0 aliphatic carbocycles. The fourth-order valence-corrected chi connectivity index (χ4v) is 7.21. The summed E-state index contributed by atoms with van der Waals surface area (Å²) in [6.45, 7) is 3.94. The van der Waals surface area contributed by atoms with Crippen molar-refractivity contribution in [1.82, 2.24) is 15.6 Å². The van der Waals surface area contributed by atoms with Gasteiger partial charge >= 0.3 is 12.0 Å². The minimum absolute atomic E-state index is 0.0359. The number of nitrogens with zero attached hydrogens (tertiary/aromatic N) is 3. The van der Waals surface area contributed by atoms with E-state index in [9.17, 15) is 29.4 Å². The van der Waals surface area contributed by atoms with Gasteiger partial charge in [0.1, 0.15) is 28.8 Å². The molecule has 65 heavy (non-hydrogen) atoms. The van der Waals surface area contributed by atoms with Crippen LogP contribution in [0.15, 0.2) is 129 Å². The van der Waals surface area contributed by atoms with Crippen LogP contribution in [0.3, 0.4) is 0 Å². The highest BCUT2D eigenvalue weighted by molar-refractivity contribution is 8.18. The van der Waals surface area contributed by atoms with Crippen LogP contribution >= 0.6 is 11.8 Å². The van der Waals surface area contributed by atoms with Crippen molar-refractivity contribution in [3.8, 4) is 11.5 Å². The van der Waals surface area contributed by atoms with Gasteiger partial charge in [-0.05, 0) is 85.3 Å². The minimum atomic E-state index is -0.694. The number of aliphatic imine (C=N–C) groups is 2. The molecule has 0 bridgehead atoms. The van der Waals surface area contributed by atoms with Gasteiger partial charge in [-0.25, -0.2) is 20.4 Å². The molecule has 0 saturated carbocycles. The van der Waals surface area contributed by atoms with E-state index in [-0.39, 0.29) is 90.0 Å². The molecule has 0 atom stereocenters. The van der Waals surface area contributed by atoms with Crippen molar-refractivity contribution in [2.45, 2.75) is 6.92 Å². The average Bonchev–Trinajstić information content (AvgIpc) is 3.93. The number of aromatic hydroxyl groups is 1. The van der Waals surface area contributed by atoms with Crippen LogP contribution in [0.25, 0.3) is 6.08 Å². The van der Waals surface area contributed by atoms with E-state index < -0.39 is 17.9 Å². The van der Waals surface area contributed by atoms with E-state index in [1.54, 1.807) is 49.4 Å². The maximum atomic E-state index is 13.1. The molecule has 0 radical (unpaired) electrons. The standard InChI is InChI=1S/C45H48N10O9S/c1-2-63-44(60)39-40(58)38(65-43(39)52-32-6-4-3-5-7-32)21-28-8-13-37(36(57)20-28)64-19-18-62-17-16-55(47)26-31(46)25-50-42(59)30-22-34(51-27-56)24-35(23-30)54-45(61)53-33-11-9-29(10-12-33)41-48-14-15-49-41/h3-13,20-24,26-27,57-58H,2,14-19,25,46-47H2,1H3,(H,48,49)(H,50,59)(H,51,56)(H2,53,54,61)/b31-26-,38-21-,52-43?. The number of nitrogens with two attached hydrogens (primary N) is 2. The van der Waals surface area contributed by atoms with Gasteiger partial charge in [0.15, 0.2) is 11.5 Å². The van der Waals surface area contributed by atoms with Crippen molar-refractivity contribution in [2.24, 2.45) is 21.6 Å². The van der Waals surface area contributed by atoms with E-state index >= 15 is 0 Å². The predicted molar refractivity (Wildman–Crippen MR) is 250 cm³/mol. The molecular formula is C45H48N10O9S. The van der Waals surface area contributed by atoms with Crippen molar-refractivity contribution in [1.29, 1.82) is 0 Å². The smallest absolute Gasteiger partial charge is 0.344 e. The topological polar surface area (TPSA) is 277 Å². The minimum Gasteiger partial charge on any atom is -0.506 e. The van der Waals surface area contributed by atoms with Crippen LogP contribution in [0, 0.1) is 0 Å². The van der Waals surface area contributed by atoms with E-state index in [0.717, 1.165) is 29.7 Å². The average molecular weight is 905 g/mol. The Bertz CT molecular complexity index is 2530. The number of phenolic OH excluding ortho intramolecular Hbond substituents is 1. The Morgan fingerprint density at radius 3 is 2.45 bits per heavy atom. The third-order valence-electron chi connectivity index (χ3n) is 9.17. The molecule has 2 aliphatic heterocycles. The number of amidine groups is 1. The van der Waals surface area contributed by atoms with E-state index in [1.165, 1.54) is 35.5 Å². The Kier molecular flexibility index (Phi) is 16.5. The second-order valence-electron chi connectivity index (χ2n) is 14.0. The fourth-order valence-electron chi connectivity index (χ4n) is 6.18. The number of aliphatic hydroxyl groups is 1. The lowest BCUT2D eigenvalue weighted by molar-refractivity contribution is -0.138. The third kappa shape index (κ3) is 13.6. The van der Waals surface area contributed by atoms with Crippen molar-refractivity contribution < 1.29 is 43.6 Å². The Hall–Kier alpha value is -7.81. The van der Waals surface area contributed by atoms with Gasteiger partial charge < -0.3 is 61.8 Å². The first-order valence-electron chi connectivity index (χ1n) is 20.2. The molecule has 20 heteroatoms. The van der Waals surface area contributed by atoms with Gasteiger partial charge in [-0.3, -0.25) is 14.6 Å². The van der Waals surface area contributed by atoms with Gasteiger partial charge in [-0.15, -0.1) is 0 Å². The van der Waals surface area contributed by atoms with Crippen LogP contribution in [0.4, 0.5) is 27.5 Å². The molecule has 0 fully saturated rings. The Balaban J connectivity index is 0.925. The fraction of sp³-hybridized carbons (Fsp3) is 0.200. The number of nitrogens with one attached hydrogen (secondary N) is 5. The molecule has 0 unspecified atom stereocenters. The summed E-state index contributed by atoms with van der Waals surface area (Å²) in [6.07, 6.45) is 3.51. The number of aliphatic hydroxyl groups excluding tert-OH is 1. The van der Waals surface area contributed by atoms with Crippen LogP contribution in [0.1, 0.15) is 28.4 Å². The molecule has 4 aromatic rings. The summed E-state index contributed by atoms with van der Waals surface area (Å²) in [5, 5.41) is 37.0. The van der Waals surface area contributed by atoms with Crippen LogP contribution in [-0.2, 0) is 19.1 Å². The van der Waals surface area contributed by atoms with Gasteiger partial charge in [0.25, 0.3) is 5.91 Å². The number of hydrogen-bond donors (Lipinski definition) is 9. The van der Waals surface area contributed by atoms with Crippen LogP contribution in [0.5, 0.6) is 11.5 Å². The number of hydrazine groups is 1. The highest BCUT2D eigenvalue weighted by Crippen LogP contribution is 2.41. The van der Waals surface area contributed by atoms with Crippen molar-refractivity contribution in [2.75, 3.05) is 68.6 Å². The number of rotatable bonds is 20. The summed E-state index contributed by atoms with van der Waals surface area (Å²) in [6, 6.07) is 24.7. The predicted octanol–water partition coefficient (Wildman–Crippen LogP) is 4.95. The van der Waals surface area contributed by atoms with E-state index in [4.69, 9.17) is 25.8 Å². The quantitative estimate of drug-likeness (QED) is 0.0187. The second-order valence-corrected chi connectivity index (χ2v) is 15.0. The molecule has 0 saturated heterocycles. The van der Waals surface area contributed by atoms with Crippen LogP contribution in [0.2, 0.25) is 0 Å². The zero-order chi connectivity index (χ0) is 46.1. The van der Waals surface area contributed by atoms with E-state index in [0.29, 0.717) is 34.8 Å². The second kappa shape index (κ2) is 23.0. The number of esters is 1. The Labute approximate surface area is 378 Å². The summed E-state index contributed by atoms with van der Waals surface area (Å²) in [5.41, 5.74) is 9.56. The molecule has 2 aliphatic rings. The molecular weight excluding hydrogens is 857 g/mol.